The summed E-state index contributed by atoms with van der Waals surface area (Å²) in [6.45, 7) is 0. The van der Waals surface area contributed by atoms with Gasteiger partial charge in [0.2, 0.25) is 5.88 Å². The third kappa shape index (κ3) is 2.19. The molecule has 0 aliphatic carbocycles. The molecule has 2 aromatic rings. The first-order valence-corrected chi connectivity index (χ1v) is 7.11. The van der Waals surface area contributed by atoms with E-state index < -0.39 is 14.2 Å². The Kier molecular flexibility index (Phi) is 3.27. The second kappa shape index (κ2) is 4.58. The molecule has 96 valence electrons. The number of rotatable bonds is 3. The van der Waals surface area contributed by atoms with Crippen molar-refractivity contribution in [3.05, 3.63) is 18.2 Å². The van der Waals surface area contributed by atoms with Gasteiger partial charge in [-0.15, -0.1) is 0 Å². The molecule has 6 nitrogen and oxygen atoms in total. The standard InChI is InChI=1S/C10H9ClN2O4S/c1-16-7-5-3-4-6-8(7)12-10(18(11,14)15)13-9(6)17-2/h3-5H,1-2H3. The molecule has 0 atom stereocenters. The Bertz CT molecular complexity index is 702. The monoisotopic (exact) mass is 288 g/mol. The van der Waals surface area contributed by atoms with Crippen LogP contribution in [0.3, 0.4) is 0 Å². The van der Waals surface area contributed by atoms with Crippen LogP contribution in [-0.2, 0) is 9.05 Å². The highest BCUT2D eigenvalue weighted by molar-refractivity contribution is 8.13. The SMILES string of the molecule is COc1nc(S(=O)(=O)Cl)nc2c(OC)cccc12. The molecule has 1 heterocycles. The van der Waals surface area contributed by atoms with Crippen LogP contribution in [0, 0.1) is 0 Å². The van der Waals surface area contributed by atoms with Crippen LogP contribution in [-0.4, -0.2) is 32.6 Å². The molecule has 2 rings (SSSR count). The van der Waals surface area contributed by atoms with Gasteiger partial charge in [-0.3, -0.25) is 0 Å². The summed E-state index contributed by atoms with van der Waals surface area (Å²) in [5.41, 5.74) is 0.325. The average molecular weight is 289 g/mol. The summed E-state index contributed by atoms with van der Waals surface area (Å²) in [6.07, 6.45) is 0. The van der Waals surface area contributed by atoms with E-state index in [0.29, 0.717) is 16.7 Å². The molecule has 18 heavy (non-hydrogen) atoms. The normalized spacial score (nSPS) is 11.5. The molecule has 8 heteroatoms. The first-order chi connectivity index (χ1) is 8.47. The maximum absolute atomic E-state index is 11.3. The summed E-state index contributed by atoms with van der Waals surface area (Å²) in [6, 6.07) is 5.07. The number of hydrogen-bond donors (Lipinski definition) is 0. The lowest BCUT2D eigenvalue weighted by molar-refractivity contribution is 0.396. The zero-order chi connectivity index (χ0) is 13.3. The lowest BCUT2D eigenvalue weighted by Gasteiger charge is -2.08. The summed E-state index contributed by atoms with van der Waals surface area (Å²) < 4.78 is 32.7. The zero-order valence-electron chi connectivity index (χ0n) is 9.55. The highest BCUT2D eigenvalue weighted by Crippen LogP contribution is 2.30. The topological polar surface area (TPSA) is 78.4 Å². The van der Waals surface area contributed by atoms with Crippen LogP contribution in [0.4, 0.5) is 0 Å². The number of fused-ring (bicyclic) bond motifs is 1. The van der Waals surface area contributed by atoms with Gasteiger partial charge in [-0.2, -0.15) is 4.98 Å². The van der Waals surface area contributed by atoms with Crippen LogP contribution in [0.25, 0.3) is 10.9 Å². The Morgan fingerprint density at radius 1 is 1.17 bits per heavy atom. The number of methoxy groups -OCH3 is 2. The van der Waals surface area contributed by atoms with Crippen molar-refractivity contribution < 1.29 is 17.9 Å². The van der Waals surface area contributed by atoms with Crippen molar-refractivity contribution in [3.63, 3.8) is 0 Å². The van der Waals surface area contributed by atoms with E-state index in [2.05, 4.69) is 9.97 Å². The quantitative estimate of drug-likeness (QED) is 0.630. The molecule has 0 bridgehead atoms. The van der Waals surface area contributed by atoms with Gasteiger partial charge < -0.3 is 9.47 Å². The Labute approximate surface area is 108 Å². The molecule has 0 fully saturated rings. The van der Waals surface area contributed by atoms with Crippen molar-refractivity contribution in [3.8, 4) is 11.6 Å². The molecule has 1 aromatic heterocycles. The van der Waals surface area contributed by atoms with Gasteiger partial charge in [0.05, 0.1) is 19.6 Å². The summed E-state index contributed by atoms with van der Waals surface area (Å²) >= 11 is 0. The Morgan fingerprint density at radius 3 is 2.44 bits per heavy atom. The zero-order valence-corrected chi connectivity index (χ0v) is 11.1. The third-order valence-corrected chi connectivity index (χ3v) is 3.30. The molecule has 0 unspecified atom stereocenters. The van der Waals surface area contributed by atoms with Crippen LogP contribution < -0.4 is 9.47 Å². The minimum absolute atomic E-state index is 0.123. The van der Waals surface area contributed by atoms with Gasteiger partial charge in [-0.1, -0.05) is 6.07 Å². The number of hydrogen-bond acceptors (Lipinski definition) is 6. The van der Waals surface area contributed by atoms with E-state index in [4.69, 9.17) is 20.2 Å². The van der Waals surface area contributed by atoms with E-state index in [9.17, 15) is 8.42 Å². The Hall–Kier alpha value is -1.60. The van der Waals surface area contributed by atoms with Crippen LogP contribution in [0.1, 0.15) is 0 Å². The van der Waals surface area contributed by atoms with Crippen LogP contribution in [0.5, 0.6) is 11.6 Å². The molecule has 0 saturated heterocycles. The van der Waals surface area contributed by atoms with Gasteiger partial charge in [0.15, 0.2) is 0 Å². The Morgan fingerprint density at radius 2 is 1.89 bits per heavy atom. The molecule has 0 amide bonds. The smallest absolute Gasteiger partial charge is 0.296 e. The van der Waals surface area contributed by atoms with Crippen molar-refractivity contribution >= 4 is 30.6 Å². The highest BCUT2D eigenvalue weighted by Gasteiger charge is 2.19. The van der Waals surface area contributed by atoms with Crippen LogP contribution in [0.15, 0.2) is 23.4 Å². The third-order valence-electron chi connectivity index (χ3n) is 2.27. The van der Waals surface area contributed by atoms with Crippen molar-refractivity contribution in [2.75, 3.05) is 14.2 Å². The molecule has 0 N–H and O–H groups in total. The summed E-state index contributed by atoms with van der Waals surface area (Å²) in [4.78, 5) is 7.65. The molecule has 0 aliphatic rings. The van der Waals surface area contributed by atoms with Crippen molar-refractivity contribution in [2.45, 2.75) is 5.16 Å². The van der Waals surface area contributed by atoms with Gasteiger partial charge in [0.1, 0.15) is 11.3 Å². The lowest BCUT2D eigenvalue weighted by atomic mass is 10.2. The predicted octanol–water partition coefficient (Wildman–Crippen LogP) is 1.57. The average Bonchev–Trinajstić information content (AvgIpc) is 2.35. The summed E-state index contributed by atoms with van der Waals surface area (Å²) in [5, 5.41) is 0.0268. The van der Waals surface area contributed by atoms with Crippen molar-refractivity contribution in [2.24, 2.45) is 0 Å². The first-order valence-electron chi connectivity index (χ1n) is 4.80. The molecule has 1 aromatic carbocycles. The minimum Gasteiger partial charge on any atom is -0.494 e. The van der Waals surface area contributed by atoms with Crippen molar-refractivity contribution in [1.29, 1.82) is 0 Å². The predicted molar refractivity (Wildman–Crippen MR) is 65.7 cm³/mol. The molecular weight excluding hydrogens is 280 g/mol. The summed E-state index contributed by atoms with van der Waals surface area (Å²) in [5.74, 6) is 0.535. The van der Waals surface area contributed by atoms with Gasteiger partial charge in [-0.25, -0.2) is 13.4 Å². The van der Waals surface area contributed by atoms with Gasteiger partial charge in [0, 0.05) is 10.7 Å². The van der Waals surface area contributed by atoms with Crippen LogP contribution >= 0.6 is 10.7 Å². The van der Waals surface area contributed by atoms with E-state index in [-0.39, 0.29) is 5.88 Å². The fraction of sp³-hybridized carbons (Fsp3) is 0.200. The number of nitrogens with zero attached hydrogens (tertiary/aromatic N) is 2. The molecule has 0 aliphatic heterocycles. The summed E-state index contributed by atoms with van der Waals surface area (Å²) in [7, 11) is 4.03. The fourth-order valence-electron chi connectivity index (χ4n) is 1.51. The lowest BCUT2D eigenvalue weighted by Crippen LogP contribution is -2.03. The van der Waals surface area contributed by atoms with Gasteiger partial charge >= 0.3 is 0 Å². The van der Waals surface area contributed by atoms with E-state index >= 15 is 0 Å². The maximum atomic E-state index is 11.3. The van der Waals surface area contributed by atoms with Gasteiger partial charge in [-0.05, 0) is 12.1 Å². The fourth-order valence-corrected chi connectivity index (χ4v) is 2.11. The first kappa shape index (κ1) is 12.8. The molecule has 0 radical (unpaired) electrons. The van der Waals surface area contributed by atoms with Crippen LogP contribution in [0.2, 0.25) is 0 Å². The molecular formula is C10H9ClN2O4S. The Balaban J connectivity index is 2.89. The van der Waals surface area contributed by atoms with Crippen molar-refractivity contribution in [1.82, 2.24) is 9.97 Å². The van der Waals surface area contributed by atoms with E-state index in [1.165, 1.54) is 14.2 Å². The number of ether oxygens (including phenoxy) is 2. The number of para-hydroxylation sites is 1. The minimum atomic E-state index is -4.04. The maximum Gasteiger partial charge on any atom is 0.296 e. The van der Waals surface area contributed by atoms with E-state index in [1.54, 1.807) is 18.2 Å². The molecule has 0 saturated carbocycles. The van der Waals surface area contributed by atoms with E-state index in [1.807, 2.05) is 0 Å². The highest BCUT2D eigenvalue weighted by atomic mass is 35.7. The largest absolute Gasteiger partial charge is 0.494 e. The number of benzene rings is 1. The molecule has 0 spiro atoms. The van der Waals surface area contributed by atoms with Gasteiger partial charge in [0.25, 0.3) is 14.2 Å². The number of aromatic nitrogens is 2. The van der Waals surface area contributed by atoms with E-state index in [0.717, 1.165) is 0 Å². The second-order valence-corrected chi connectivity index (χ2v) is 5.77. The second-order valence-electron chi connectivity index (χ2n) is 3.31. The number of halogens is 1.